The molecule has 0 fully saturated rings. The minimum absolute atomic E-state index is 0.295. The third-order valence-corrected chi connectivity index (χ3v) is 4.35. The van der Waals surface area contributed by atoms with Crippen LogP contribution in [-0.2, 0) is 9.53 Å². The van der Waals surface area contributed by atoms with Gasteiger partial charge in [-0.2, -0.15) is 10.1 Å². The van der Waals surface area contributed by atoms with Crippen molar-refractivity contribution in [2.45, 2.75) is 26.8 Å². The van der Waals surface area contributed by atoms with Crippen molar-refractivity contribution in [2.24, 2.45) is 0 Å². The summed E-state index contributed by atoms with van der Waals surface area (Å²) in [5.74, 6) is 0.868. The van der Waals surface area contributed by atoms with Crippen LogP contribution >= 0.6 is 15.9 Å². The number of rotatable bonds is 5. The number of carbonyl (C=O) groups is 1. The van der Waals surface area contributed by atoms with Gasteiger partial charge in [0, 0.05) is 15.7 Å². The van der Waals surface area contributed by atoms with Crippen LogP contribution in [0.5, 0.6) is 5.75 Å². The van der Waals surface area contributed by atoms with Crippen LogP contribution in [0.15, 0.2) is 40.3 Å². The highest BCUT2D eigenvalue weighted by Crippen LogP contribution is 2.40. The summed E-state index contributed by atoms with van der Waals surface area (Å²) in [6.45, 7) is 6.34. The van der Waals surface area contributed by atoms with Gasteiger partial charge in [-0.3, -0.25) is 0 Å². The quantitative estimate of drug-likeness (QED) is 0.767. The van der Waals surface area contributed by atoms with E-state index in [1.807, 2.05) is 32.0 Å². The minimum atomic E-state index is -0.489. The molecule has 0 saturated carbocycles. The molecule has 8 heteroatoms. The van der Waals surface area contributed by atoms with E-state index in [9.17, 15) is 4.79 Å². The maximum absolute atomic E-state index is 12.6. The fourth-order valence-corrected chi connectivity index (χ4v) is 3.25. The molecule has 1 N–H and O–H groups in total. The third-order valence-electron chi connectivity index (χ3n) is 3.86. The first-order valence-corrected chi connectivity index (χ1v) is 8.82. The summed E-state index contributed by atoms with van der Waals surface area (Å²) in [7, 11) is 0. The Kier molecular flexibility index (Phi) is 5.08. The van der Waals surface area contributed by atoms with Gasteiger partial charge in [0.1, 0.15) is 18.1 Å². The van der Waals surface area contributed by atoms with Gasteiger partial charge in [-0.1, -0.05) is 15.9 Å². The summed E-state index contributed by atoms with van der Waals surface area (Å²) < 4.78 is 13.6. The van der Waals surface area contributed by atoms with Gasteiger partial charge in [0.2, 0.25) is 5.95 Å². The Morgan fingerprint density at radius 2 is 2.16 bits per heavy atom. The molecule has 0 spiro atoms. The van der Waals surface area contributed by atoms with Crippen LogP contribution in [0.2, 0.25) is 0 Å². The van der Waals surface area contributed by atoms with Crippen molar-refractivity contribution in [3.8, 4) is 5.75 Å². The van der Waals surface area contributed by atoms with Gasteiger partial charge in [0.15, 0.2) is 0 Å². The zero-order valence-corrected chi connectivity index (χ0v) is 15.8. The molecule has 2 aromatic rings. The van der Waals surface area contributed by atoms with Gasteiger partial charge in [0.25, 0.3) is 0 Å². The summed E-state index contributed by atoms with van der Waals surface area (Å²) in [5.41, 5.74) is 1.98. The highest BCUT2D eigenvalue weighted by Gasteiger charge is 2.36. The maximum Gasteiger partial charge on any atom is 0.338 e. The number of benzene rings is 1. The monoisotopic (exact) mass is 406 g/mol. The summed E-state index contributed by atoms with van der Waals surface area (Å²) in [6.07, 6.45) is 1.45. The standard InChI is InChI=1S/C17H19BrN4O3/c1-4-24-13-7-6-11(18)8-12(13)15-14(16(23)25-5-2)10(3)21-17-19-9-20-22(15)17/h6-9,15H,4-5H2,1-3H3,(H,19,20,21). The number of halogens is 1. The lowest BCUT2D eigenvalue weighted by Crippen LogP contribution is -2.30. The lowest BCUT2D eigenvalue weighted by Gasteiger charge is -2.29. The predicted octanol–water partition coefficient (Wildman–Crippen LogP) is 3.29. The fourth-order valence-electron chi connectivity index (χ4n) is 2.87. The van der Waals surface area contributed by atoms with Crippen molar-refractivity contribution in [1.82, 2.24) is 14.8 Å². The number of nitrogens with one attached hydrogen (secondary N) is 1. The van der Waals surface area contributed by atoms with E-state index >= 15 is 0 Å². The first-order valence-electron chi connectivity index (χ1n) is 8.03. The Morgan fingerprint density at radius 1 is 1.36 bits per heavy atom. The molecular formula is C17H19BrN4O3. The Balaban J connectivity index is 2.20. The molecule has 1 aromatic heterocycles. The largest absolute Gasteiger partial charge is 0.494 e. The number of fused-ring (bicyclic) bond motifs is 1. The average molecular weight is 407 g/mol. The van der Waals surface area contributed by atoms with Gasteiger partial charge in [0.05, 0.1) is 18.8 Å². The van der Waals surface area contributed by atoms with Crippen LogP contribution in [0.25, 0.3) is 0 Å². The summed E-state index contributed by atoms with van der Waals surface area (Å²) in [5, 5.41) is 7.41. The van der Waals surface area contributed by atoms with Crippen molar-refractivity contribution in [3.63, 3.8) is 0 Å². The SMILES string of the molecule is CCOC(=O)C1=C(C)Nc2ncnn2C1c1cc(Br)ccc1OCC. The topological polar surface area (TPSA) is 78.3 Å². The van der Waals surface area contributed by atoms with E-state index in [4.69, 9.17) is 9.47 Å². The van der Waals surface area contributed by atoms with Gasteiger partial charge in [-0.25, -0.2) is 9.48 Å². The predicted molar refractivity (Wildman–Crippen MR) is 96.4 cm³/mol. The molecule has 0 radical (unpaired) electrons. The number of ether oxygens (including phenoxy) is 2. The molecule has 1 aromatic carbocycles. The van der Waals surface area contributed by atoms with Crippen LogP contribution in [-0.4, -0.2) is 33.9 Å². The molecule has 1 unspecified atom stereocenters. The van der Waals surface area contributed by atoms with E-state index in [0.717, 1.165) is 10.0 Å². The van der Waals surface area contributed by atoms with E-state index in [2.05, 4.69) is 31.3 Å². The number of anilines is 1. The van der Waals surface area contributed by atoms with Crippen molar-refractivity contribution in [2.75, 3.05) is 18.5 Å². The van der Waals surface area contributed by atoms with Crippen LogP contribution in [0.4, 0.5) is 5.95 Å². The van der Waals surface area contributed by atoms with Gasteiger partial charge < -0.3 is 14.8 Å². The second-order valence-corrected chi connectivity index (χ2v) is 6.35. The van der Waals surface area contributed by atoms with E-state index in [0.29, 0.717) is 36.2 Å². The molecule has 0 aliphatic carbocycles. The first-order chi connectivity index (χ1) is 12.1. The van der Waals surface area contributed by atoms with Crippen molar-refractivity contribution >= 4 is 27.8 Å². The molecule has 132 valence electrons. The molecule has 0 amide bonds. The van der Waals surface area contributed by atoms with Crippen LogP contribution in [0.1, 0.15) is 32.4 Å². The lowest BCUT2D eigenvalue weighted by molar-refractivity contribution is -0.139. The van der Waals surface area contributed by atoms with Crippen LogP contribution in [0, 0.1) is 0 Å². The summed E-state index contributed by atoms with van der Waals surface area (Å²) in [4.78, 5) is 16.9. The highest BCUT2D eigenvalue weighted by atomic mass is 79.9. The molecule has 3 rings (SSSR count). The molecule has 7 nitrogen and oxygen atoms in total. The summed E-state index contributed by atoms with van der Waals surface area (Å²) >= 11 is 3.50. The van der Waals surface area contributed by atoms with E-state index in [1.165, 1.54) is 6.33 Å². The molecule has 0 saturated heterocycles. The number of aromatic nitrogens is 3. The molecule has 1 atom stereocenters. The van der Waals surface area contributed by atoms with Gasteiger partial charge in [-0.15, -0.1) is 0 Å². The van der Waals surface area contributed by atoms with Gasteiger partial charge in [-0.05, 0) is 39.0 Å². The Hall–Kier alpha value is -2.35. The fraction of sp³-hybridized carbons (Fsp3) is 0.353. The molecular weight excluding hydrogens is 388 g/mol. The van der Waals surface area contributed by atoms with Crippen molar-refractivity contribution in [1.29, 1.82) is 0 Å². The van der Waals surface area contributed by atoms with Crippen molar-refractivity contribution < 1.29 is 14.3 Å². The number of allylic oxidation sites excluding steroid dienone is 1. The zero-order chi connectivity index (χ0) is 18.0. The Bertz CT molecular complexity index is 831. The van der Waals surface area contributed by atoms with E-state index < -0.39 is 6.04 Å². The molecule has 0 bridgehead atoms. The molecule has 2 heterocycles. The molecule has 1 aliphatic rings. The highest BCUT2D eigenvalue weighted by molar-refractivity contribution is 9.10. The number of hydrogen-bond acceptors (Lipinski definition) is 6. The number of carbonyl (C=O) groups excluding carboxylic acids is 1. The number of nitrogens with zero attached hydrogens (tertiary/aromatic N) is 3. The molecule has 1 aliphatic heterocycles. The lowest BCUT2D eigenvalue weighted by atomic mass is 9.95. The Labute approximate surface area is 154 Å². The average Bonchev–Trinajstić information content (AvgIpc) is 3.03. The van der Waals surface area contributed by atoms with Crippen molar-refractivity contribution in [3.05, 3.63) is 45.8 Å². The minimum Gasteiger partial charge on any atom is -0.494 e. The van der Waals surface area contributed by atoms with Crippen LogP contribution < -0.4 is 10.1 Å². The number of esters is 1. The smallest absolute Gasteiger partial charge is 0.338 e. The van der Waals surface area contributed by atoms with Crippen LogP contribution in [0.3, 0.4) is 0 Å². The second kappa shape index (κ2) is 7.26. The zero-order valence-electron chi connectivity index (χ0n) is 14.2. The van der Waals surface area contributed by atoms with E-state index in [-0.39, 0.29) is 5.97 Å². The summed E-state index contributed by atoms with van der Waals surface area (Å²) in [6, 6.07) is 5.22. The normalized spacial score (nSPS) is 16.2. The Morgan fingerprint density at radius 3 is 2.88 bits per heavy atom. The maximum atomic E-state index is 12.6. The van der Waals surface area contributed by atoms with E-state index in [1.54, 1.807) is 11.6 Å². The number of hydrogen-bond donors (Lipinski definition) is 1. The van der Waals surface area contributed by atoms with Gasteiger partial charge >= 0.3 is 5.97 Å². The molecule has 25 heavy (non-hydrogen) atoms. The first kappa shape index (κ1) is 17.5. The third kappa shape index (κ3) is 3.26. The second-order valence-electron chi connectivity index (χ2n) is 5.43.